The predicted molar refractivity (Wildman–Crippen MR) is 102 cm³/mol. The van der Waals surface area contributed by atoms with Crippen LogP contribution < -0.4 is 10.1 Å². The van der Waals surface area contributed by atoms with Crippen molar-refractivity contribution in [3.8, 4) is 5.75 Å². The summed E-state index contributed by atoms with van der Waals surface area (Å²) in [6.45, 7) is 3.47. The van der Waals surface area contributed by atoms with E-state index in [0.29, 0.717) is 37.6 Å². The van der Waals surface area contributed by atoms with E-state index in [9.17, 15) is 14.4 Å². The van der Waals surface area contributed by atoms with E-state index in [4.69, 9.17) is 9.15 Å². The Morgan fingerprint density at radius 2 is 1.82 bits per heavy atom. The number of aryl methyl sites for hydroxylation is 1. The van der Waals surface area contributed by atoms with Crippen LogP contribution in [0.25, 0.3) is 0 Å². The van der Waals surface area contributed by atoms with E-state index in [1.54, 1.807) is 34.1 Å². The number of piperazine rings is 1. The molecule has 0 aliphatic carbocycles. The zero-order valence-corrected chi connectivity index (χ0v) is 15.9. The first kappa shape index (κ1) is 19.5. The molecule has 1 aliphatic rings. The average molecular weight is 385 g/mol. The summed E-state index contributed by atoms with van der Waals surface area (Å²) in [7, 11) is 1.52. The summed E-state index contributed by atoms with van der Waals surface area (Å²) in [5.41, 5.74) is 1.51. The van der Waals surface area contributed by atoms with Gasteiger partial charge in [0.05, 0.1) is 19.1 Å². The smallest absolute Gasteiger partial charge is 0.289 e. The van der Waals surface area contributed by atoms with Gasteiger partial charge in [-0.05, 0) is 36.8 Å². The maximum absolute atomic E-state index is 12.4. The van der Waals surface area contributed by atoms with Crippen molar-refractivity contribution >= 4 is 23.4 Å². The number of nitrogens with zero attached hydrogens (tertiary/aromatic N) is 2. The SMILES string of the molecule is COc1ccc(C)cc1NC(=O)CC(=O)N1CCN(C(=O)c2ccco2)CC1. The molecule has 8 heteroatoms. The molecule has 3 amide bonds. The summed E-state index contributed by atoms with van der Waals surface area (Å²) >= 11 is 0. The number of hydrogen-bond acceptors (Lipinski definition) is 5. The zero-order chi connectivity index (χ0) is 20.1. The van der Waals surface area contributed by atoms with Gasteiger partial charge in [-0.3, -0.25) is 14.4 Å². The number of methoxy groups -OCH3 is 1. The minimum Gasteiger partial charge on any atom is -0.495 e. The molecule has 1 aliphatic heterocycles. The van der Waals surface area contributed by atoms with Gasteiger partial charge in [-0.15, -0.1) is 0 Å². The topological polar surface area (TPSA) is 92.1 Å². The first-order chi connectivity index (χ1) is 13.5. The van der Waals surface area contributed by atoms with Gasteiger partial charge < -0.3 is 24.3 Å². The van der Waals surface area contributed by atoms with Crippen molar-refractivity contribution in [1.82, 2.24) is 9.80 Å². The number of rotatable bonds is 5. The Morgan fingerprint density at radius 1 is 1.11 bits per heavy atom. The van der Waals surface area contributed by atoms with Crippen LogP contribution >= 0.6 is 0 Å². The van der Waals surface area contributed by atoms with Gasteiger partial charge in [0.1, 0.15) is 12.2 Å². The second-order valence-corrected chi connectivity index (χ2v) is 6.58. The highest BCUT2D eigenvalue weighted by atomic mass is 16.5. The Morgan fingerprint density at radius 3 is 2.46 bits per heavy atom. The number of amides is 3. The Balaban J connectivity index is 1.51. The first-order valence-corrected chi connectivity index (χ1v) is 9.03. The minimum absolute atomic E-state index is 0.193. The zero-order valence-electron chi connectivity index (χ0n) is 15.9. The van der Waals surface area contributed by atoms with E-state index < -0.39 is 5.91 Å². The largest absolute Gasteiger partial charge is 0.495 e. The van der Waals surface area contributed by atoms with Crippen LogP contribution in [0.4, 0.5) is 5.69 Å². The van der Waals surface area contributed by atoms with Gasteiger partial charge in [0.2, 0.25) is 11.8 Å². The number of hydrogen-bond donors (Lipinski definition) is 1. The Labute approximate surface area is 163 Å². The van der Waals surface area contributed by atoms with Crippen molar-refractivity contribution in [2.45, 2.75) is 13.3 Å². The fourth-order valence-corrected chi connectivity index (χ4v) is 3.08. The van der Waals surface area contributed by atoms with Gasteiger partial charge in [0.15, 0.2) is 5.76 Å². The molecule has 0 radical (unpaired) electrons. The summed E-state index contributed by atoms with van der Waals surface area (Å²) in [5, 5.41) is 2.73. The van der Waals surface area contributed by atoms with E-state index in [1.165, 1.54) is 13.4 Å². The molecule has 0 atom stereocenters. The number of nitrogens with one attached hydrogen (secondary N) is 1. The predicted octanol–water partition coefficient (Wildman–Crippen LogP) is 1.91. The molecule has 1 saturated heterocycles. The molecule has 1 aromatic heterocycles. The third-order valence-corrected chi connectivity index (χ3v) is 4.59. The molecular formula is C20H23N3O5. The van der Waals surface area contributed by atoms with Crippen LogP contribution in [-0.2, 0) is 9.59 Å². The standard InChI is InChI=1S/C20H23N3O5/c1-14-5-6-16(27-2)15(12-14)21-18(24)13-19(25)22-7-9-23(10-8-22)20(26)17-4-3-11-28-17/h3-6,11-12H,7-10,13H2,1-2H3,(H,21,24). The van der Waals surface area contributed by atoms with Crippen LogP contribution in [0.1, 0.15) is 22.5 Å². The van der Waals surface area contributed by atoms with Gasteiger partial charge in [-0.25, -0.2) is 0 Å². The molecule has 0 unspecified atom stereocenters. The fourth-order valence-electron chi connectivity index (χ4n) is 3.08. The molecule has 3 rings (SSSR count). The van der Waals surface area contributed by atoms with Crippen molar-refractivity contribution in [2.24, 2.45) is 0 Å². The summed E-state index contributed by atoms with van der Waals surface area (Å²) < 4.78 is 10.4. The third kappa shape index (κ3) is 4.51. The van der Waals surface area contributed by atoms with Gasteiger partial charge in [-0.2, -0.15) is 0 Å². The number of carbonyl (C=O) groups is 3. The Hall–Kier alpha value is -3.29. The van der Waals surface area contributed by atoms with E-state index in [2.05, 4.69) is 5.32 Å². The molecule has 1 fully saturated rings. The number of anilines is 1. The number of furan rings is 1. The molecular weight excluding hydrogens is 362 g/mol. The van der Waals surface area contributed by atoms with Crippen LogP contribution in [-0.4, -0.2) is 60.8 Å². The van der Waals surface area contributed by atoms with Crippen LogP contribution in [0, 0.1) is 6.92 Å². The second kappa shape index (κ2) is 8.60. The van der Waals surface area contributed by atoms with E-state index >= 15 is 0 Å². The number of benzene rings is 1. The van der Waals surface area contributed by atoms with Gasteiger partial charge in [0, 0.05) is 26.2 Å². The fraction of sp³-hybridized carbons (Fsp3) is 0.350. The maximum Gasteiger partial charge on any atom is 0.289 e. The lowest BCUT2D eigenvalue weighted by Crippen LogP contribution is -2.51. The van der Waals surface area contributed by atoms with Gasteiger partial charge in [-0.1, -0.05) is 6.07 Å². The highest BCUT2D eigenvalue weighted by molar-refractivity contribution is 6.04. The Kier molecular flexibility index (Phi) is 5.98. The molecule has 0 saturated carbocycles. The molecule has 28 heavy (non-hydrogen) atoms. The molecule has 1 aromatic carbocycles. The van der Waals surface area contributed by atoms with E-state index in [0.717, 1.165) is 5.56 Å². The number of carbonyl (C=O) groups excluding carboxylic acids is 3. The summed E-state index contributed by atoms with van der Waals surface area (Å²) in [4.78, 5) is 40.2. The minimum atomic E-state index is -0.400. The summed E-state index contributed by atoms with van der Waals surface area (Å²) in [5.74, 6) is -0.0405. The Bertz CT molecular complexity index is 855. The normalized spacial score (nSPS) is 13.9. The summed E-state index contributed by atoms with van der Waals surface area (Å²) in [6.07, 6.45) is 1.19. The quantitative estimate of drug-likeness (QED) is 0.794. The lowest BCUT2D eigenvalue weighted by atomic mass is 10.2. The van der Waals surface area contributed by atoms with Crippen LogP contribution in [0.2, 0.25) is 0 Å². The molecule has 0 bridgehead atoms. The molecule has 8 nitrogen and oxygen atoms in total. The first-order valence-electron chi connectivity index (χ1n) is 9.03. The molecule has 2 heterocycles. The van der Waals surface area contributed by atoms with Crippen molar-refractivity contribution in [3.05, 3.63) is 47.9 Å². The monoisotopic (exact) mass is 385 g/mol. The lowest BCUT2D eigenvalue weighted by molar-refractivity contribution is -0.135. The second-order valence-electron chi connectivity index (χ2n) is 6.58. The highest BCUT2D eigenvalue weighted by Gasteiger charge is 2.27. The summed E-state index contributed by atoms with van der Waals surface area (Å²) in [6, 6.07) is 8.71. The number of ether oxygens (including phenoxy) is 1. The van der Waals surface area contributed by atoms with Gasteiger partial charge in [0.25, 0.3) is 5.91 Å². The maximum atomic E-state index is 12.4. The van der Waals surface area contributed by atoms with Crippen LogP contribution in [0.15, 0.2) is 41.0 Å². The van der Waals surface area contributed by atoms with Crippen LogP contribution in [0.5, 0.6) is 5.75 Å². The molecule has 0 spiro atoms. The van der Waals surface area contributed by atoms with Crippen LogP contribution in [0.3, 0.4) is 0 Å². The van der Waals surface area contributed by atoms with Crippen molar-refractivity contribution in [2.75, 3.05) is 38.6 Å². The molecule has 2 aromatic rings. The van der Waals surface area contributed by atoms with Gasteiger partial charge >= 0.3 is 0 Å². The van der Waals surface area contributed by atoms with Crippen molar-refractivity contribution in [1.29, 1.82) is 0 Å². The van der Waals surface area contributed by atoms with Crippen molar-refractivity contribution in [3.63, 3.8) is 0 Å². The van der Waals surface area contributed by atoms with E-state index in [1.807, 2.05) is 13.0 Å². The lowest BCUT2D eigenvalue weighted by Gasteiger charge is -2.34. The average Bonchev–Trinajstić information content (AvgIpc) is 3.22. The molecule has 148 valence electrons. The van der Waals surface area contributed by atoms with Crippen molar-refractivity contribution < 1.29 is 23.5 Å². The third-order valence-electron chi connectivity index (χ3n) is 4.59. The molecule has 1 N–H and O–H groups in total. The van der Waals surface area contributed by atoms with E-state index in [-0.39, 0.29) is 24.0 Å². The highest BCUT2D eigenvalue weighted by Crippen LogP contribution is 2.25.